The number of halogens is 3. The average molecular weight is 421 g/mol. The van der Waals surface area contributed by atoms with E-state index in [2.05, 4.69) is 15.1 Å². The number of carbonyl (C=O) groups is 1. The van der Waals surface area contributed by atoms with Crippen molar-refractivity contribution in [1.82, 2.24) is 29.2 Å². The highest BCUT2D eigenvalue weighted by Crippen LogP contribution is 2.34. The molecule has 0 atom stereocenters. The Morgan fingerprint density at radius 1 is 1.28 bits per heavy atom. The van der Waals surface area contributed by atoms with Crippen molar-refractivity contribution in [2.75, 3.05) is 6.54 Å². The first kappa shape index (κ1) is 19.5. The zero-order valence-electron chi connectivity index (χ0n) is 15.7. The lowest BCUT2D eigenvalue weighted by Crippen LogP contribution is -2.24. The van der Waals surface area contributed by atoms with Gasteiger partial charge in [0.2, 0.25) is 5.91 Å². The van der Waals surface area contributed by atoms with E-state index in [0.717, 1.165) is 23.5 Å². The van der Waals surface area contributed by atoms with E-state index in [0.29, 0.717) is 43.3 Å². The van der Waals surface area contributed by atoms with Gasteiger partial charge in [0.15, 0.2) is 11.6 Å². The van der Waals surface area contributed by atoms with Gasteiger partial charge in [-0.1, -0.05) is 6.07 Å². The van der Waals surface area contributed by atoms with E-state index in [1.165, 1.54) is 12.1 Å². The molecule has 2 aromatic heterocycles. The van der Waals surface area contributed by atoms with Gasteiger partial charge in [-0.3, -0.25) is 4.79 Å². The molecule has 3 aromatic rings. The Kier molecular flexibility index (Phi) is 4.85. The summed E-state index contributed by atoms with van der Waals surface area (Å²) >= 11 is 0. The highest BCUT2D eigenvalue weighted by atomic mass is 35.5. The van der Waals surface area contributed by atoms with Crippen LogP contribution in [0.4, 0.5) is 8.78 Å². The van der Waals surface area contributed by atoms with Crippen LogP contribution in [-0.4, -0.2) is 41.7 Å². The number of nitrogens with zero attached hydrogens (tertiary/aromatic N) is 6. The molecule has 5 rings (SSSR count). The Labute approximate surface area is 171 Å². The van der Waals surface area contributed by atoms with Gasteiger partial charge in [-0.05, 0) is 25.5 Å². The number of amides is 1. The van der Waals surface area contributed by atoms with Crippen LogP contribution in [0.3, 0.4) is 0 Å². The summed E-state index contributed by atoms with van der Waals surface area (Å²) in [6.45, 7) is 3.37. The van der Waals surface area contributed by atoms with Crippen molar-refractivity contribution < 1.29 is 13.6 Å². The van der Waals surface area contributed by atoms with Gasteiger partial charge >= 0.3 is 0 Å². The second-order valence-corrected chi connectivity index (χ2v) is 7.15. The van der Waals surface area contributed by atoms with Crippen molar-refractivity contribution in [1.29, 1.82) is 0 Å². The topological polar surface area (TPSA) is 68.8 Å². The number of carbonyl (C=O) groups excluding carboxylic acids is 1. The molecule has 10 heteroatoms. The molecular weight excluding hydrogens is 402 g/mol. The van der Waals surface area contributed by atoms with Gasteiger partial charge in [-0.25, -0.2) is 23.4 Å². The van der Waals surface area contributed by atoms with Crippen LogP contribution >= 0.6 is 12.4 Å². The summed E-state index contributed by atoms with van der Waals surface area (Å²) in [5.41, 5.74) is 3.04. The fraction of sp³-hybridized carbons (Fsp3) is 0.368. The minimum atomic E-state index is -2.57. The third-order valence-corrected chi connectivity index (χ3v) is 5.37. The van der Waals surface area contributed by atoms with E-state index < -0.39 is 6.43 Å². The van der Waals surface area contributed by atoms with Crippen LogP contribution in [0, 0.1) is 6.92 Å². The summed E-state index contributed by atoms with van der Waals surface area (Å²) in [6, 6.07) is 4.57. The number of aromatic nitrogens is 5. The minimum absolute atomic E-state index is 0. The van der Waals surface area contributed by atoms with Gasteiger partial charge in [0.25, 0.3) is 6.43 Å². The number of benzene rings is 1. The van der Waals surface area contributed by atoms with Crippen molar-refractivity contribution in [2.45, 2.75) is 39.3 Å². The van der Waals surface area contributed by atoms with E-state index in [1.54, 1.807) is 22.0 Å². The molecule has 0 N–H and O–H groups in total. The molecule has 0 saturated carbocycles. The number of fused-ring (bicyclic) bond motifs is 5. The minimum Gasteiger partial charge on any atom is -0.335 e. The predicted molar refractivity (Wildman–Crippen MR) is 103 cm³/mol. The van der Waals surface area contributed by atoms with Crippen molar-refractivity contribution in [3.63, 3.8) is 0 Å². The molecule has 0 spiro atoms. The summed E-state index contributed by atoms with van der Waals surface area (Å²) in [7, 11) is 0. The maximum absolute atomic E-state index is 13.3. The third-order valence-electron chi connectivity index (χ3n) is 5.37. The smallest absolute Gasteiger partial charge is 0.263 e. The van der Waals surface area contributed by atoms with E-state index in [-0.39, 0.29) is 23.9 Å². The molecule has 2 aliphatic heterocycles. The molecule has 7 nitrogen and oxygen atoms in total. The van der Waals surface area contributed by atoms with E-state index in [9.17, 15) is 13.6 Å². The lowest BCUT2D eigenvalue weighted by molar-refractivity contribution is -0.128. The van der Waals surface area contributed by atoms with Crippen LogP contribution in [0.1, 0.15) is 42.0 Å². The summed E-state index contributed by atoms with van der Waals surface area (Å²) in [6.07, 6.45) is 0.510. The van der Waals surface area contributed by atoms with Gasteiger partial charge < -0.3 is 9.47 Å². The molecule has 1 saturated heterocycles. The van der Waals surface area contributed by atoms with E-state index >= 15 is 0 Å². The first-order valence-corrected chi connectivity index (χ1v) is 9.18. The fourth-order valence-corrected chi connectivity index (χ4v) is 3.89. The zero-order chi connectivity index (χ0) is 19.4. The van der Waals surface area contributed by atoms with Crippen molar-refractivity contribution in [2.24, 2.45) is 0 Å². The lowest BCUT2D eigenvalue weighted by atomic mass is 10.1. The Morgan fingerprint density at radius 3 is 2.83 bits per heavy atom. The second-order valence-electron chi connectivity index (χ2n) is 7.15. The molecule has 0 bridgehead atoms. The van der Waals surface area contributed by atoms with Gasteiger partial charge in [-0.2, -0.15) is 5.10 Å². The zero-order valence-corrected chi connectivity index (χ0v) is 16.5. The molecule has 2 aliphatic rings. The van der Waals surface area contributed by atoms with Gasteiger partial charge in [-0.15, -0.1) is 12.4 Å². The van der Waals surface area contributed by atoms with Crippen LogP contribution in [-0.2, 0) is 17.9 Å². The van der Waals surface area contributed by atoms with Gasteiger partial charge in [0.05, 0.1) is 36.5 Å². The van der Waals surface area contributed by atoms with E-state index in [4.69, 9.17) is 0 Å². The SMILES string of the molecule is Cc1ncn2c1Cn1nc(CN3CCCC3=O)nc1-c1cc(C(F)F)ccc1-2.Cl. The molecular formula is C19H19ClF2N6O. The van der Waals surface area contributed by atoms with Crippen molar-refractivity contribution in [3.05, 3.63) is 47.3 Å². The summed E-state index contributed by atoms with van der Waals surface area (Å²) in [5, 5.41) is 4.58. The molecule has 29 heavy (non-hydrogen) atoms. The molecule has 4 heterocycles. The maximum atomic E-state index is 13.3. The summed E-state index contributed by atoms with van der Waals surface area (Å²) < 4.78 is 30.3. The van der Waals surface area contributed by atoms with Crippen LogP contribution < -0.4 is 0 Å². The summed E-state index contributed by atoms with van der Waals surface area (Å²) in [5.74, 6) is 1.14. The Bertz CT molecular complexity index is 1090. The van der Waals surface area contributed by atoms with Crippen molar-refractivity contribution >= 4 is 18.3 Å². The number of rotatable bonds is 3. The Balaban J connectivity index is 0.00000205. The number of hydrogen-bond donors (Lipinski definition) is 0. The van der Waals surface area contributed by atoms with Gasteiger partial charge in [0.1, 0.15) is 0 Å². The number of hydrogen-bond acceptors (Lipinski definition) is 4. The average Bonchev–Trinajstić information content (AvgIpc) is 3.34. The quantitative estimate of drug-likeness (QED) is 0.510. The summed E-state index contributed by atoms with van der Waals surface area (Å²) in [4.78, 5) is 22.7. The molecule has 0 unspecified atom stereocenters. The highest BCUT2D eigenvalue weighted by Gasteiger charge is 2.27. The van der Waals surface area contributed by atoms with Crippen LogP contribution in [0.15, 0.2) is 24.5 Å². The first-order chi connectivity index (χ1) is 13.5. The van der Waals surface area contributed by atoms with Gasteiger partial charge in [0, 0.05) is 24.1 Å². The van der Waals surface area contributed by atoms with Crippen molar-refractivity contribution in [3.8, 4) is 17.1 Å². The molecule has 152 valence electrons. The molecule has 0 aliphatic carbocycles. The number of imidazole rings is 1. The monoisotopic (exact) mass is 420 g/mol. The number of aryl methyl sites for hydroxylation is 1. The number of alkyl halides is 2. The third kappa shape index (κ3) is 3.19. The molecule has 1 fully saturated rings. The number of likely N-dealkylation sites (tertiary alicyclic amines) is 1. The standard InChI is InChI=1S/C19H18F2N6O.ClH/c1-11-15-8-27-19(23-16(24-27)9-25-6-2-3-17(25)28)13-7-12(18(20)21)4-5-14(13)26(15)10-22-11;/h4-5,7,10,18H,2-3,6,8-9H2,1H3;1H. The van der Waals surface area contributed by atoms with Crippen LogP contribution in [0.5, 0.6) is 0 Å². The maximum Gasteiger partial charge on any atom is 0.263 e. The van der Waals surface area contributed by atoms with Crippen LogP contribution in [0.25, 0.3) is 17.1 Å². The largest absolute Gasteiger partial charge is 0.335 e. The molecule has 1 amide bonds. The normalized spacial score (nSPS) is 15.0. The first-order valence-electron chi connectivity index (χ1n) is 9.18. The lowest BCUT2D eigenvalue weighted by Gasteiger charge is -2.12. The fourth-order valence-electron chi connectivity index (χ4n) is 3.89. The highest BCUT2D eigenvalue weighted by molar-refractivity contribution is 5.85. The van der Waals surface area contributed by atoms with Crippen LogP contribution in [0.2, 0.25) is 0 Å². The molecule has 1 aromatic carbocycles. The molecule has 0 radical (unpaired) electrons. The predicted octanol–water partition coefficient (Wildman–Crippen LogP) is 3.28. The van der Waals surface area contributed by atoms with E-state index in [1.807, 2.05) is 11.5 Å². The second kappa shape index (κ2) is 7.22. The Hall–Kier alpha value is -2.81. The Morgan fingerprint density at radius 2 is 2.10 bits per heavy atom.